The molecule has 2 fully saturated rings. The smallest absolute Gasteiger partial charge is 0.188 e. The second kappa shape index (κ2) is 5.91. The summed E-state index contributed by atoms with van der Waals surface area (Å²) in [6.45, 7) is 2.02. The van der Waals surface area contributed by atoms with Crippen molar-refractivity contribution < 1.29 is 0 Å². The summed E-state index contributed by atoms with van der Waals surface area (Å²) >= 11 is 0. The molecular weight excluding hydrogens is 224 g/mol. The first kappa shape index (κ1) is 13.7. The molecule has 0 spiro atoms. The van der Waals surface area contributed by atoms with Crippen LogP contribution in [0.25, 0.3) is 0 Å². The zero-order valence-electron chi connectivity index (χ0n) is 11.9. The highest BCUT2D eigenvalue weighted by molar-refractivity contribution is 5.78. The Morgan fingerprint density at radius 2 is 1.94 bits per heavy atom. The maximum absolute atomic E-state index is 5.98. The van der Waals surface area contributed by atoms with Crippen molar-refractivity contribution >= 4 is 5.96 Å². The number of aliphatic imine (C=N–C) groups is 1. The van der Waals surface area contributed by atoms with Gasteiger partial charge in [0.25, 0.3) is 0 Å². The lowest BCUT2D eigenvalue weighted by atomic mass is 9.86. The van der Waals surface area contributed by atoms with E-state index in [9.17, 15) is 0 Å². The third-order valence-electron chi connectivity index (χ3n) is 4.36. The molecule has 0 aliphatic heterocycles. The van der Waals surface area contributed by atoms with Crippen LogP contribution >= 0.6 is 0 Å². The standard InChI is InChI=1S/C14H28N4/c1-18(2)11-14(8-3-4-9-14)10-16-13(15)17-12-6-5-7-12/h12H,3-11H2,1-2H3,(H3,15,16,17). The van der Waals surface area contributed by atoms with Gasteiger partial charge in [0.2, 0.25) is 0 Å². The molecule has 0 aromatic heterocycles. The van der Waals surface area contributed by atoms with E-state index in [0.717, 1.165) is 13.1 Å². The zero-order valence-corrected chi connectivity index (χ0v) is 11.9. The summed E-state index contributed by atoms with van der Waals surface area (Å²) in [5.74, 6) is 0.657. The number of guanidine groups is 1. The fraction of sp³-hybridized carbons (Fsp3) is 0.929. The monoisotopic (exact) mass is 252 g/mol. The van der Waals surface area contributed by atoms with Crippen molar-refractivity contribution in [2.24, 2.45) is 16.1 Å². The number of nitrogens with zero attached hydrogens (tertiary/aromatic N) is 2. The van der Waals surface area contributed by atoms with E-state index in [-0.39, 0.29) is 0 Å². The van der Waals surface area contributed by atoms with Gasteiger partial charge < -0.3 is 16.0 Å². The molecule has 2 rings (SSSR count). The van der Waals surface area contributed by atoms with Crippen molar-refractivity contribution in [2.45, 2.75) is 51.0 Å². The Bertz CT molecular complexity index is 288. The van der Waals surface area contributed by atoms with Crippen molar-refractivity contribution in [3.05, 3.63) is 0 Å². The summed E-state index contributed by atoms with van der Waals surface area (Å²) in [6, 6.07) is 0.585. The second-order valence-corrected chi connectivity index (χ2v) is 6.42. The molecule has 0 saturated heterocycles. The molecule has 18 heavy (non-hydrogen) atoms. The van der Waals surface area contributed by atoms with Crippen LogP contribution in [0.4, 0.5) is 0 Å². The number of hydrogen-bond acceptors (Lipinski definition) is 2. The van der Waals surface area contributed by atoms with Gasteiger partial charge in [0.1, 0.15) is 0 Å². The summed E-state index contributed by atoms with van der Waals surface area (Å²) in [7, 11) is 4.31. The van der Waals surface area contributed by atoms with Gasteiger partial charge in [-0.3, -0.25) is 4.99 Å². The summed E-state index contributed by atoms with van der Waals surface area (Å²) in [5, 5.41) is 3.32. The maximum atomic E-state index is 5.98. The van der Waals surface area contributed by atoms with E-state index in [1.807, 2.05) is 0 Å². The Balaban J connectivity index is 1.85. The molecule has 2 aliphatic carbocycles. The lowest BCUT2D eigenvalue weighted by Gasteiger charge is -2.31. The average molecular weight is 252 g/mol. The van der Waals surface area contributed by atoms with E-state index < -0.39 is 0 Å². The van der Waals surface area contributed by atoms with Gasteiger partial charge in [0.05, 0.1) is 0 Å². The quantitative estimate of drug-likeness (QED) is 0.577. The molecule has 4 heteroatoms. The summed E-state index contributed by atoms with van der Waals surface area (Å²) in [6.07, 6.45) is 9.11. The summed E-state index contributed by atoms with van der Waals surface area (Å²) in [4.78, 5) is 6.90. The number of rotatable bonds is 5. The van der Waals surface area contributed by atoms with Gasteiger partial charge in [-0.2, -0.15) is 0 Å². The van der Waals surface area contributed by atoms with Crippen LogP contribution in [0.3, 0.4) is 0 Å². The second-order valence-electron chi connectivity index (χ2n) is 6.42. The number of hydrogen-bond donors (Lipinski definition) is 2. The highest BCUT2D eigenvalue weighted by atomic mass is 15.1. The van der Waals surface area contributed by atoms with Crippen LogP contribution in [0.1, 0.15) is 44.9 Å². The highest BCUT2D eigenvalue weighted by Crippen LogP contribution is 2.38. The van der Waals surface area contributed by atoms with Gasteiger partial charge >= 0.3 is 0 Å². The normalized spacial score (nSPS) is 24.3. The first-order valence-electron chi connectivity index (χ1n) is 7.31. The lowest BCUT2D eigenvalue weighted by Crippen LogP contribution is -2.44. The molecule has 0 bridgehead atoms. The van der Waals surface area contributed by atoms with Crippen LogP contribution in [0.2, 0.25) is 0 Å². The molecule has 2 saturated carbocycles. The minimum atomic E-state index is 0.370. The van der Waals surface area contributed by atoms with E-state index in [1.54, 1.807) is 0 Å². The third kappa shape index (κ3) is 3.61. The molecule has 0 heterocycles. The Hall–Kier alpha value is -0.770. The first-order valence-corrected chi connectivity index (χ1v) is 7.31. The zero-order chi connectivity index (χ0) is 13.0. The molecule has 0 unspecified atom stereocenters. The minimum absolute atomic E-state index is 0.370. The Morgan fingerprint density at radius 3 is 2.44 bits per heavy atom. The van der Waals surface area contributed by atoms with Crippen LogP contribution in [0.15, 0.2) is 4.99 Å². The van der Waals surface area contributed by atoms with Crippen molar-refractivity contribution in [3.8, 4) is 0 Å². The molecule has 0 aromatic carbocycles. The largest absolute Gasteiger partial charge is 0.370 e. The van der Waals surface area contributed by atoms with Gasteiger partial charge in [-0.1, -0.05) is 12.8 Å². The average Bonchev–Trinajstić information content (AvgIpc) is 2.69. The van der Waals surface area contributed by atoms with E-state index in [2.05, 4.69) is 29.3 Å². The molecule has 0 atom stereocenters. The SMILES string of the molecule is CN(C)CC1(CN=C(N)NC2CCC2)CCCC1. The predicted octanol–water partition coefficient (Wildman–Crippen LogP) is 1.57. The Kier molecular flexibility index (Phi) is 4.49. The van der Waals surface area contributed by atoms with Crippen molar-refractivity contribution in [2.75, 3.05) is 27.2 Å². The summed E-state index contributed by atoms with van der Waals surface area (Å²) in [5.41, 5.74) is 6.35. The van der Waals surface area contributed by atoms with Gasteiger partial charge in [-0.05, 0) is 46.2 Å². The van der Waals surface area contributed by atoms with Gasteiger partial charge in [0.15, 0.2) is 5.96 Å². The van der Waals surface area contributed by atoms with Crippen molar-refractivity contribution in [3.63, 3.8) is 0 Å². The topological polar surface area (TPSA) is 53.6 Å². The summed E-state index contributed by atoms with van der Waals surface area (Å²) < 4.78 is 0. The molecule has 3 N–H and O–H groups in total. The van der Waals surface area contributed by atoms with E-state index in [0.29, 0.717) is 17.4 Å². The number of nitrogens with one attached hydrogen (secondary N) is 1. The molecule has 104 valence electrons. The van der Waals surface area contributed by atoms with Gasteiger partial charge in [-0.15, -0.1) is 0 Å². The minimum Gasteiger partial charge on any atom is -0.370 e. The van der Waals surface area contributed by atoms with E-state index in [1.165, 1.54) is 44.9 Å². The van der Waals surface area contributed by atoms with Crippen LogP contribution in [-0.4, -0.2) is 44.1 Å². The number of nitrogens with two attached hydrogens (primary N) is 1. The maximum Gasteiger partial charge on any atom is 0.188 e. The van der Waals surface area contributed by atoms with Gasteiger partial charge in [0, 0.05) is 24.5 Å². The van der Waals surface area contributed by atoms with Gasteiger partial charge in [-0.25, -0.2) is 0 Å². The van der Waals surface area contributed by atoms with Crippen LogP contribution in [-0.2, 0) is 0 Å². The first-order chi connectivity index (χ1) is 8.60. The fourth-order valence-corrected chi connectivity index (χ4v) is 3.22. The van der Waals surface area contributed by atoms with Crippen LogP contribution < -0.4 is 11.1 Å². The molecule has 0 radical (unpaired) electrons. The fourth-order valence-electron chi connectivity index (χ4n) is 3.22. The van der Waals surface area contributed by atoms with E-state index in [4.69, 9.17) is 5.73 Å². The third-order valence-corrected chi connectivity index (χ3v) is 4.36. The Morgan fingerprint density at radius 1 is 1.28 bits per heavy atom. The molecule has 0 amide bonds. The molecule has 2 aliphatic rings. The molecule has 4 nitrogen and oxygen atoms in total. The van der Waals surface area contributed by atoms with Crippen molar-refractivity contribution in [1.29, 1.82) is 0 Å². The van der Waals surface area contributed by atoms with E-state index >= 15 is 0 Å². The molecule has 0 aromatic rings. The molecular formula is C14H28N4. The Labute approximate surface area is 111 Å². The highest BCUT2D eigenvalue weighted by Gasteiger charge is 2.34. The van der Waals surface area contributed by atoms with Crippen molar-refractivity contribution in [1.82, 2.24) is 10.2 Å². The van der Waals surface area contributed by atoms with Crippen LogP contribution in [0.5, 0.6) is 0 Å². The lowest BCUT2D eigenvalue weighted by molar-refractivity contribution is 0.210. The van der Waals surface area contributed by atoms with Crippen LogP contribution in [0, 0.1) is 5.41 Å². The predicted molar refractivity (Wildman–Crippen MR) is 76.7 cm³/mol.